The Morgan fingerprint density at radius 1 is 1.35 bits per heavy atom. The number of nitrogens with one attached hydrogen (secondary N) is 1. The zero-order valence-corrected chi connectivity index (χ0v) is 13.7. The molecule has 0 radical (unpaired) electrons. The van der Waals surface area contributed by atoms with Gasteiger partial charge >= 0.3 is 0 Å². The van der Waals surface area contributed by atoms with Gasteiger partial charge in [-0.2, -0.15) is 5.26 Å². The van der Waals surface area contributed by atoms with E-state index in [1.165, 1.54) is 24.6 Å². The first-order valence-electron chi connectivity index (χ1n) is 7.78. The Labute approximate surface area is 137 Å². The molecule has 1 N–H and O–H groups in total. The Kier molecular flexibility index (Phi) is 3.31. The average molecular weight is 327 g/mol. The number of nitriles is 1. The lowest BCUT2D eigenvalue weighted by Crippen LogP contribution is -2.36. The molecule has 23 heavy (non-hydrogen) atoms. The van der Waals surface area contributed by atoms with Crippen molar-refractivity contribution in [2.24, 2.45) is 5.41 Å². The van der Waals surface area contributed by atoms with E-state index in [1.807, 2.05) is 6.26 Å². The summed E-state index contributed by atoms with van der Waals surface area (Å²) in [5.41, 5.74) is 2.29. The predicted octanol–water partition coefficient (Wildman–Crippen LogP) is 2.29. The maximum atomic E-state index is 12.3. The van der Waals surface area contributed by atoms with Crippen LogP contribution in [0.1, 0.15) is 31.2 Å². The number of aromatic nitrogens is 3. The molecule has 3 heterocycles. The van der Waals surface area contributed by atoms with Gasteiger partial charge in [-0.05, 0) is 37.4 Å². The number of nitrogens with zero attached hydrogens (tertiary/aromatic N) is 4. The fourth-order valence-corrected chi connectivity index (χ4v) is 3.78. The van der Waals surface area contributed by atoms with E-state index in [0.29, 0.717) is 27.3 Å². The predicted molar refractivity (Wildman–Crippen MR) is 89.8 cm³/mol. The fraction of sp³-hybridized carbons (Fsp3) is 0.500. The van der Waals surface area contributed by atoms with Crippen LogP contribution in [0.4, 0.5) is 5.69 Å². The summed E-state index contributed by atoms with van der Waals surface area (Å²) < 4.78 is 0. The summed E-state index contributed by atoms with van der Waals surface area (Å²) in [5.74, 6) is 0. The lowest BCUT2D eigenvalue weighted by atomic mass is 9.93. The second-order valence-corrected chi connectivity index (χ2v) is 7.17. The monoisotopic (exact) mass is 327 g/mol. The normalized spacial score (nSPS) is 19.0. The molecule has 1 aliphatic heterocycles. The van der Waals surface area contributed by atoms with Crippen molar-refractivity contribution >= 4 is 28.5 Å². The molecular weight excluding hydrogens is 310 g/mol. The molecule has 7 heteroatoms. The number of rotatable bonds is 2. The van der Waals surface area contributed by atoms with Crippen molar-refractivity contribution in [1.82, 2.24) is 15.0 Å². The zero-order chi connectivity index (χ0) is 16.0. The lowest BCUT2D eigenvalue weighted by molar-refractivity contribution is 0.384. The summed E-state index contributed by atoms with van der Waals surface area (Å²) in [5, 5.41) is 10.1. The van der Waals surface area contributed by atoms with Crippen LogP contribution >= 0.6 is 11.8 Å². The lowest BCUT2D eigenvalue weighted by Gasteiger charge is -2.34. The standard InChI is InChI=1S/C16H17N5OS/c1-23-15-18-9-11-12(20-15)13(10(8-17)14(22)19-11)21-6-4-16(2-3-16)5-7-21/h9H,2-7H2,1H3,(H,19,22). The molecule has 0 aromatic carbocycles. The van der Waals surface area contributed by atoms with Crippen LogP contribution in [0.5, 0.6) is 0 Å². The minimum atomic E-state index is -0.359. The van der Waals surface area contributed by atoms with Crippen molar-refractivity contribution in [2.75, 3.05) is 24.2 Å². The quantitative estimate of drug-likeness (QED) is 0.673. The average Bonchev–Trinajstić information content (AvgIpc) is 3.33. The number of hydrogen-bond donors (Lipinski definition) is 1. The molecule has 0 unspecified atom stereocenters. The van der Waals surface area contributed by atoms with Crippen LogP contribution in [0.15, 0.2) is 16.1 Å². The molecule has 0 atom stereocenters. The maximum Gasteiger partial charge on any atom is 0.268 e. The van der Waals surface area contributed by atoms with Crippen molar-refractivity contribution in [3.63, 3.8) is 0 Å². The Hall–Kier alpha value is -2.07. The second kappa shape index (κ2) is 5.24. The SMILES string of the molecule is CSc1ncc2[nH]c(=O)c(C#N)c(N3CCC4(CC3)CC4)c2n1. The van der Waals surface area contributed by atoms with Crippen LogP contribution in [0.25, 0.3) is 11.0 Å². The van der Waals surface area contributed by atoms with Crippen LogP contribution < -0.4 is 10.5 Å². The Morgan fingerprint density at radius 3 is 2.70 bits per heavy atom. The molecule has 1 spiro atoms. The highest BCUT2D eigenvalue weighted by molar-refractivity contribution is 7.98. The van der Waals surface area contributed by atoms with Crippen LogP contribution in [-0.2, 0) is 0 Å². The van der Waals surface area contributed by atoms with Gasteiger partial charge in [-0.15, -0.1) is 0 Å². The van der Waals surface area contributed by atoms with E-state index in [2.05, 4.69) is 25.9 Å². The number of hydrogen-bond acceptors (Lipinski definition) is 6. The molecule has 1 saturated carbocycles. The second-order valence-electron chi connectivity index (χ2n) is 6.40. The summed E-state index contributed by atoms with van der Waals surface area (Å²) >= 11 is 1.45. The summed E-state index contributed by atoms with van der Waals surface area (Å²) in [7, 11) is 0. The number of piperidine rings is 1. The smallest absolute Gasteiger partial charge is 0.268 e. The first kappa shape index (κ1) is 14.5. The van der Waals surface area contributed by atoms with Crippen molar-refractivity contribution in [3.05, 3.63) is 22.1 Å². The van der Waals surface area contributed by atoms with Gasteiger partial charge in [0.05, 0.1) is 17.4 Å². The molecule has 1 saturated heterocycles. The minimum Gasteiger partial charge on any atom is -0.368 e. The topological polar surface area (TPSA) is 85.7 Å². The first-order valence-corrected chi connectivity index (χ1v) is 9.00. The third-order valence-electron chi connectivity index (χ3n) is 5.09. The van der Waals surface area contributed by atoms with Gasteiger partial charge in [-0.3, -0.25) is 4.79 Å². The van der Waals surface area contributed by atoms with E-state index in [1.54, 1.807) is 6.20 Å². The highest BCUT2D eigenvalue weighted by atomic mass is 32.2. The van der Waals surface area contributed by atoms with Gasteiger partial charge in [0, 0.05) is 13.1 Å². The molecule has 2 aromatic rings. The number of anilines is 1. The molecule has 2 aromatic heterocycles. The number of pyridine rings is 1. The molecule has 0 bridgehead atoms. The Morgan fingerprint density at radius 2 is 2.09 bits per heavy atom. The molecule has 118 valence electrons. The van der Waals surface area contributed by atoms with Crippen molar-refractivity contribution in [1.29, 1.82) is 5.26 Å². The highest BCUT2D eigenvalue weighted by Gasteiger charge is 2.44. The summed E-state index contributed by atoms with van der Waals surface area (Å²) in [6.45, 7) is 1.76. The Bertz CT molecular complexity index is 870. The summed E-state index contributed by atoms with van der Waals surface area (Å²) in [6, 6.07) is 2.07. The first-order chi connectivity index (χ1) is 11.2. The van der Waals surface area contributed by atoms with Gasteiger partial charge in [0.15, 0.2) is 5.16 Å². The van der Waals surface area contributed by atoms with Gasteiger partial charge in [-0.1, -0.05) is 11.8 Å². The van der Waals surface area contributed by atoms with Gasteiger partial charge < -0.3 is 9.88 Å². The minimum absolute atomic E-state index is 0.162. The fourth-order valence-electron chi connectivity index (χ4n) is 3.44. The van der Waals surface area contributed by atoms with Crippen LogP contribution in [-0.4, -0.2) is 34.3 Å². The summed E-state index contributed by atoms with van der Waals surface area (Å²) in [4.78, 5) is 25.9. The number of fused-ring (bicyclic) bond motifs is 1. The van der Waals surface area contributed by atoms with E-state index in [4.69, 9.17) is 0 Å². The van der Waals surface area contributed by atoms with Gasteiger partial charge in [0.1, 0.15) is 17.1 Å². The maximum absolute atomic E-state index is 12.3. The van der Waals surface area contributed by atoms with Crippen molar-refractivity contribution < 1.29 is 0 Å². The van der Waals surface area contributed by atoms with Crippen molar-refractivity contribution in [2.45, 2.75) is 30.8 Å². The van der Waals surface area contributed by atoms with Gasteiger partial charge in [0.2, 0.25) is 0 Å². The summed E-state index contributed by atoms with van der Waals surface area (Å²) in [6.07, 6.45) is 8.45. The highest BCUT2D eigenvalue weighted by Crippen LogP contribution is 2.54. The van der Waals surface area contributed by atoms with Gasteiger partial charge in [-0.25, -0.2) is 9.97 Å². The van der Waals surface area contributed by atoms with E-state index in [9.17, 15) is 10.1 Å². The zero-order valence-electron chi connectivity index (χ0n) is 12.9. The molecule has 2 fully saturated rings. The van der Waals surface area contributed by atoms with Crippen LogP contribution in [0.2, 0.25) is 0 Å². The van der Waals surface area contributed by atoms with E-state index < -0.39 is 0 Å². The molecular formula is C16H17N5OS. The molecule has 6 nitrogen and oxygen atoms in total. The number of H-pyrrole nitrogens is 1. The Balaban J connectivity index is 1.88. The van der Waals surface area contributed by atoms with Gasteiger partial charge in [0.25, 0.3) is 5.56 Å². The largest absolute Gasteiger partial charge is 0.368 e. The molecule has 0 amide bonds. The molecule has 1 aliphatic carbocycles. The third kappa shape index (κ3) is 2.38. The third-order valence-corrected chi connectivity index (χ3v) is 5.66. The van der Waals surface area contributed by atoms with Crippen LogP contribution in [0, 0.1) is 16.7 Å². The molecule has 4 rings (SSSR count). The van der Waals surface area contributed by atoms with Crippen LogP contribution in [0.3, 0.4) is 0 Å². The van der Waals surface area contributed by atoms with E-state index in [-0.39, 0.29) is 11.1 Å². The number of thioether (sulfide) groups is 1. The van der Waals surface area contributed by atoms with E-state index >= 15 is 0 Å². The molecule has 2 aliphatic rings. The van der Waals surface area contributed by atoms with Crippen molar-refractivity contribution in [3.8, 4) is 6.07 Å². The number of aromatic amines is 1. The van der Waals surface area contributed by atoms with E-state index in [0.717, 1.165) is 25.9 Å².